The second-order valence-corrected chi connectivity index (χ2v) is 6.34. The minimum atomic E-state index is -0.309. The molecule has 8 heteroatoms. The third-order valence-electron chi connectivity index (χ3n) is 4.34. The van der Waals surface area contributed by atoms with Gasteiger partial charge >= 0.3 is 0 Å². The van der Waals surface area contributed by atoms with Gasteiger partial charge in [0.25, 0.3) is 0 Å². The van der Waals surface area contributed by atoms with E-state index in [-0.39, 0.29) is 19.2 Å². The Balaban J connectivity index is 1.33. The molecule has 1 aliphatic heterocycles. The summed E-state index contributed by atoms with van der Waals surface area (Å²) >= 11 is 0. The highest BCUT2D eigenvalue weighted by molar-refractivity contribution is 5.44. The molecule has 4 rings (SSSR count). The molecule has 28 heavy (non-hydrogen) atoms. The van der Waals surface area contributed by atoms with Gasteiger partial charge in [-0.2, -0.15) is 4.98 Å². The first-order valence-electron chi connectivity index (χ1n) is 9.00. The molecule has 0 radical (unpaired) electrons. The van der Waals surface area contributed by atoms with Gasteiger partial charge in [0.05, 0.1) is 6.54 Å². The number of aromatic nitrogens is 2. The molecule has 1 aromatic heterocycles. The number of rotatable bonds is 8. The van der Waals surface area contributed by atoms with Crippen molar-refractivity contribution in [2.45, 2.75) is 26.6 Å². The standard InChI is InChI=1S/C20H20FN3O4/c1-2-24(10-14-3-8-17-18(9-14)27-13-26-17)11-20-22-19(23-28-20)12-25-16-6-4-15(21)5-7-16/h3-9H,2,10-13H2,1H3. The third kappa shape index (κ3) is 4.40. The van der Waals surface area contributed by atoms with Crippen molar-refractivity contribution in [3.8, 4) is 17.2 Å². The molecule has 0 aliphatic carbocycles. The van der Waals surface area contributed by atoms with Crippen LogP contribution in [0.5, 0.6) is 17.2 Å². The van der Waals surface area contributed by atoms with Gasteiger partial charge in [0.2, 0.25) is 18.5 Å². The summed E-state index contributed by atoms with van der Waals surface area (Å²) in [5.74, 6) is 2.74. The highest BCUT2D eigenvalue weighted by atomic mass is 19.1. The lowest BCUT2D eigenvalue weighted by atomic mass is 10.2. The first kappa shape index (κ1) is 18.2. The van der Waals surface area contributed by atoms with Crippen molar-refractivity contribution in [2.75, 3.05) is 13.3 Å². The van der Waals surface area contributed by atoms with Crippen molar-refractivity contribution in [3.05, 3.63) is 65.6 Å². The zero-order chi connectivity index (χ0) is 19.3. The molecule has 0 unspecified atom stereocenters. The number of halogens is 1. The maximum absolute atomic E-state index is 12.9. The van der Waals surface area contributed by atoms with E-state index >= 15 is 0 Å². The highest BCUT2D eigenvalue weighted by Gasteiger charge is 2.16. The fraction of sp³-hybridized carbons (Fsp3) is 0.300. The van der Waals surface area contributed by atoms with Gasteiger partial charge in [-0.3, -0.25) is 4.90 Å². The Morgan fingerprint density at radius 1 is 1.07 bits per heavy atom. The molecule has 146 valence electrons. The summed E-state index contributed by atoms with van der Waals surface area (Å²) < 4.78 is 34.6. The van der Waals surface area contributed by atoms with Crippen LogP contribution in [0.15, 0.2) is 47.0 Å². The quantitative estimate of drug-likeness (QED) is 0.587. The molecular weight excluding hydrogens is 365 g/mol. The van der Waals surface area contributed by atoms with E-state index in [1.807, 2.05) is 18.2 Å². The second kappa shape index (κ2) is 8.26. The van der Waals surface area contributed by atoms with E-state index in [0.29, 0.717) is 24.0 Å². The molecule has 1 aliphatic rings. The molecule has 0 atom stereocenters. The van der Waals surface area contributed by atoms with Crippen molar-refractivity contribution >= 4 is 0 Å². The Morgan fingerprint density at radius 2 is 1.89 bits per heavy atom. The summed E-state index contributed by atoms with van der Waals surface area (Å²) in [6.07, 6.45) is 0. The second-order valence-electron chi connectivity index (χ2n) is 6.34. The SMILES string of the molecule is CCN(Cc1ccc2c(c1)OCO2)Cc1nc(COc2ccc(F)cc2)no1. The number of hydrogen-bond acceptors (Lipinski definition) is 7. The van der Waals surface area contributed by atoms with Crippen LogP contribution in [0.1, 0.15) is 24.2 Å². The van der Waals surface area contributed by atoms with E-state index in [0.717, 1.165) is 30.2 Å². The van der Waals surface area contributed by atoms with Gasteiger partial charge in [0.15, 0.2) is 18.1 Å². The highest BCUT2D eigenvalue weighted by Crippen LogP contribution is 2.32. The van der Waals surface area contributed by atoms with Crippen LogP contribution < -0.4 is 14.2 Å². The molecule has 0 amide bonds. The van der Waals surface area contributed by atoms with Crippen molar-refractivity contribution in [2.24, 2.45) is 0 Å². The van der Waals surface area contributed by atoms with Crippen molar-refractivity contribution < 1.29 is 23.1 Å². The van der Waals surface area contributed by atoms with E-state index in [1.54, 1.807) is 12.1 Å². The number of nitrogens with zero attached hydrogens (tertiary/aromatic N) is 3. The molecular formula is C20H20FN3O4. The van der Waals surface area contributed by atoms with Crippen LogP contribution in [0.4, 0.5) is 4.39 Å². The largest absolute Gasteiger partial charge is 0.485 e. The lowest BCUT2D eigenvalue weighted by Crippen LogP contribution is -2.22. The van der Waals surface area contributed by atoms with E-state index in [4.69, 9.17) is 18.7 Å². The first-order chi connectivity index (χ1) is 13.7. The smallest absolute Gasteiger partial charge is 0.240 e. The van der Waals surface area contributed by atoms with E-state index < -0.39 is 0 Å². The molecule has 0 saturated carbocycles. The van der Waals surface area contributed by atoms with Crippen molar-refractivity contribution in [1.82, 2.24) is 15.0 Å². The Bertz CT molecular complexity index is 929. The summed E-state index contributed by atoms with van der Waals surface area (Å²) in [4.78, 5) is 6.54. The van der Waals surface area contributed by atoms with Crippen LogP contribution >= 0.6 is 0 Å². The topological polar surface area (TPSA) is 69.9 Å². The Labute approximate surface area is 161 Å². The molecule has 0 fully saturated rings. The number of ether oxygens (including phenoxy) is 3. The molecule has 0 spiro atoms. The molecule has 3 aromatic rings. The third-order valence-corrected chi connectivity index (χ3v) is 4.34. The van der Waals surface area contributed by atoms with E-state index in [9.17, 15) is 4.39 Å². The van der Waals surface area contributed by atoms with Crippen molar-refractivity contribution in [3.63, 3.8) is 0 Å². The fourth-order valence-electron chi connectivity index (χ4n) is 2.86. The van der Waals surface area contributed by atoms with Gasteiger partial charge in [-0.1, -0.05) is 18.1 Å². The molecule has 2 heterocycles. The number of hydrogen-bond donors (Lipinski definition) is 0. The summed E-state index contributed by atoms with van der Waals surface area (Å²) in [5.41, 5.74) is 1.12. The Morgan fingerprint density at radius 3 is 2.71 bits per heavy atom. The van der Waals surface area contributed by atoms with E-state index in [1.165, 1.54) is 12.1 Å². The molecule has 0 bridgehead atoms. The fourth-order valence-corrected chi connectivity index (χ4v) is 2.86. The van der Waals surface area contributed by atoms with E-state index in [2.05, 4.69) is 22.0 Å². The lowest BCUT2D eigenvalue weighted by Gasteiger charge is -2.18. The average molecular weight is 385 g/mol. The van der Waals surface area contributed by atoms with Gasteiger partial charge in [-0.05, 0) is 48.5 Å². The van der Waals surface area contributed by atoms with Crippen molar-refractivity contribution in [1.29, 1.82) is 0 Å². The summed E-state index contributed by atoms with van der Waals surface area (Å²) in [6, 6.07) is 11.7. The summed E-state index contributed by atoms with van der Waals surface area (Å²) in [5, 5.41) is 3.94. The van der Waals surface area contributed by atoms with Crippen LogP contribution in [0.2, 0.25) is 0 Å². The Hall–Kier alpha value is -3.13. The zero-order valence-electron chi connectivity index (χ0n) is 15.4. The molecule has 7 nitrogen and oxygen atoms in total. The molecule has 0 saturated heterocycles. The number of fused-ring (bicyclic) bond motifs is 1. The maximum atomic E-state index is 12.9. The minimum Gasteiger partial charge on any atom is -0.485 e. The Kier molecular flexibility index (Phi) is 5.38. The first-order valence-corrected chi connectivity index (χ1v) is 9.00. The predicted octanol–water partition coefficient (Wildman–Crippen LogP) is 3.54. The van der Waals surface area contributed by atoms with Gasteiger partial charge < -0.3 is 18.7 Å². The molecule has 2 aromatic carbocycles. The normalized spacial score (nSPS) is 12.5. The summed E-state index contributed by atoms with van der Waals surface area (Å²) in [7, 11) is 0. The summed E-state index contributed by atoms with van der Waals surface area (Å²) in [6.45, 7) is 4.55. The van der Waals surface area contributed by atoms with Gasteiger partial charge in [0, 0.05) is 6.54 Å². The maximum Gasteiger partial charge on any atom is 0.240 e. The van der Waals surface area contributed by atoms with Crippen LogP contribution in [-0.2, 0) is 19.7 Å². The average Bonchev–Trinajstić information content (AvgIpc) is 3.36. The van der Waals surface area contributed by atoms with Crippen LogP contribution in [0, 0.1) is 5.82 Å². The van der Waals surface area contributed by atoms with Crippen LogP contribution in [0.25, 0.3) is 0 Å². The molecule has 0 N–H and O–H groups in total. The van der Waals surface area contributed by atoms with Crippen LogP contribution in [-0.4, -0.2) is 28.4 Å². The number of benzene rings is 2. The van der Waals surface area contributed by atoms with Gasteiger partial charge in [0.1, 0.15) is 11.6 Å². The predicted molar refractivity (Wildman–Crippen MR) is 97.4 cm³/mol. The zero-order valence-corrected chi connectivity index (χ0v) is 15.4. The monoisotopic (exact) mass is 385 g/mol. The lowest BCUT2D eigenvalue weighted by molar-refractivity contribution is 0.174. The van der Waals surface area contributed by atoms with Gasteiger partial charge in [-0.25, -0.2) is 4.39 Å². The van der Waals surface area contributed by atoms with Crippen LogP contribution in [0.3, 0.4) is 0 Å². The van der Waals surface area contributed by atoms with Gasteiger partial charge in [-0.15, -0.1) is 0 Å². The minimum absolute atomic E-state index is 0.156.